The van der Waals surface area contributed by atoms with Crippen molar-refractivity contribution in [3.8, 4) is 5.75 Å². The molecule has 2 unspecified atom stereocenters. The van der Waals surface area contributed by atoms with Gasteiger partial charge in [-0.15, -0.1) is 0 Å². The minimum absolute atomic E-state index is 0.524. The van der Waals surface area contributed by atoms with Crippen LogP contribution in [0.25, 0.3) is 0 Å². The van der Waals surface area contributed by atoms with E-state index < -0.39 is 0 Å². The van der Waals surface area contributed by atoms with E-state index in [0.717, 1.165) is 12.3 Å². The van der Waals surface area contributed by atoms with Gasteiger partial charge in [-0.3, -0.25) is 0 Å². The monoisotopic (exact) mass is 235 g/mol. The molecule has 2 heteroatoms. The Kier molecular flexibility index (Phi) is 6.06. The molecule has 0 radical (unpaired) electrons. The zero-order valence-electron chi connectivity index (χ0n) is 11.5. The summed E-state index contributed by atoms with van der Waals surface area (Å²) in [6.07, 6.45) is 2.49. The molecule has 1 N–H and O–H groups in total. The standard InChI is InChI=1S/C15H25NO/c1-5-8-12(2)14(11-16-3)13-9-6-7-10-15(13)17-4/h6-7,9-10,12,14,16H,5,8,11H2,1-4H3. The van der Waals surface area contributed by atoms with Gasteiger partial charge in [0.15, 0.2) is 0 Å². The maximum Gasteiger partial charge on any atom is 0.122 e. The molecular weight excluding hydrogens is 210 g/mol. The Labute approximate surface area is 105 Å². The molecule has 0 aliphatic carbocycles. The van der Waals surface area contributed by atoms with Gasteiger partial charge < -0.3 is 10.1 Å². The van der Waals surface area contributed by atoms with Gasteiger partial charge >= 0.3 is 0 Å². The summed E-state index contributed by atoms with van der Waals surface area (Å²) in [5.41, 5.74) is 1.32. The summed E-state index contributed by atoms with van der Waals surface area (Å²) in [5.74, 6) is 2.20. The molecule has 0 saturated carbocycles. The molecule has 0 spiro atoms. The Morgan fingerprint density at radius 1 is 1.29 bits per heavy atom. The van der Waals surface area contributed by atoms with Crippen molar-refractivity contribution in [2.75, 3.05) is 20.7 Å². The molecule has 0 saturated heterocycles. The number of ether oxygens (including phenoxy) is 1. The molecule has 0 amide bonds. The van der Waals surface area contributed by atoms with Crippen LogP contribution in [-0.2, 0) is 0 Å². The third kappa shape index (κ3) is 3.74. The summed E-state index contributed by atoms with van der Waals surface area (Å²) >= 11 is 0. The number of hydrogen-bond acceptors (Lipinski definition) is 2. The maximum atomic E-state index is 5.47. The van der Waals surface area contributed by atoms with Crippen LogP contribution in [0.2, 0.25) is 0 Å². The second-order valence-corrected chi connectivity index (χ2v) is 4.67. The number of para-hydroxylation sites is 1. The molecule has 1 rings (SSSR count). The average molecular weight is 235 g/mol. The molecule has 17 heavy (non-hydrogen) atoms. The van der Waals surface area contributed by atoms with Crippen molar-refractivity contribution in [1.29, 1.82) is 0 Å². The first-order valence-electron chi connectivity index (χ1n) is 6.52. The Morgan fingerprint density at radius 3 is 2.59 bits per heavy atom. The number of hydrogen-bond donors (Lipinski definition) is 1. The number of benzene rings is 1. The number of methoxy groups -OCH3 is 1. The van der Waals surface area contributed by atoms with Crippen LogP contribution in [0, 0.1) is 5.92 Å². The van der Waals surface area contributed by atoms with Crippen molar-refractivity contribution < 1.29 is 4.74 Å². The molecule has 0 aliphatic heterocycles. The van der Waals surface area contributed by atoms with E-state index in [1.54, 1.807) is 7.11 Å². The van der Waals surface area contributed by atoms with Crippen LogP contribution >= 0.6 is 0 Å². The molecule has 96 valence electrons. The Morgan fingerprint density at radius 2 is 2.00 bits per heavy atom. The highest BCUT2D eigenvalue weighted by Gasteiger charge is 2.20. The van der Waals surface area contributed by atoms with E-state index >= 15 is 0 Å². The Hall–Kier alpha value is -1.02. The van der Waals surface area contributed by atoms with E-state index in [0.29, 0.717) is 11.8 Å². The summed E-state index contributed by atoms with van der Waals surface area (Å²) in [4.78, 5) is 0. The highest BCUT2D eigenvalue weighted by atomic mass is 16.5. The number of rotatable bonds is 7. The van der Waals surface area contributed by atoms with Crippen LogP contribution in [0.4, 0.5) is 0 Å². The lowest BCUT2D eigenvalue weighted by atomic mass is 9.84. The predicted octanol–water partition coefficient (Wildman–Crippen LogP) is 3.43. The second kappa shape index (κ2) is 7.33. The Bertz CT molecular complexity index is 324. The maximum absolute atomic E-state index is 5.47. The van der Waals surface area contributed by atoms with E-state index in [2.05, 4.69) is 37.4 Å². The zero-order chi connectivity index (χ0) is 12.7. The molecule has 2 nitrogen and oxygen atoms in total. The Balaban J connectivity index is 2.95. The minimum atomic E-state index is 0.524. The summed E-state index contributed by atoms with van der Waals surface area (Å²) in [6, 6.07) is 8.37. The molecule has 0 aliphatic rings. The molecule has 0 aromatic heterocycles. The quantitative estimate of drug-likeness (QED) is 0.781. The molecule has 0 bridgehead atoms. The van der Waals surface area contributed by atoms with Gasteiger partial charge in [0.2, 0.25) is 0 Å². The van der Waals surface area contributed by atoms with Gasteiger partial charge in [0.1, 0.15) is 5.75 Å². The van der Waals surface area contributed by atoms with Gasteiger partial charge in [0.05, 0.1) is 7.11 Å². The fourth-order valence-corrected chi connectivity index (χ4v) is 2.47. The van der Waals surface area contributed by atoms with Gasteiger partial charge in [-0.05, 0) is 24.6 Å². The van der Waals surface area contributed by atoms with Crippen LogP contribution in [0.3, 0.4) is 0 Å². The van der Waals surface area contributed by atoms with Crippen molar-refractivity contribution in [3.63, 3.8) is 0 Å². The highest BCUT2D eigenvalue weighted by molar-refractivity contribution is 5.36. The van der Waals surface area contributed by atoms with Gasteiger partial charge in [-0.1, -0.05) is 44.9 Å². The lowest BCUT2D eigenvalue weighted by Crippen LogP contribution is -2.23. The first-order valence-corrected chi connectivity index (χ1v) is 6.52. The summed E-state index contributed by atoms with van der Waals surface area (Å²) < 4.78 is 5.47. The van der Waals surface area contributed by atoms with Crippen LogP contribution in [0.1, 0.15) is 38.2 Å². The third-order valence-corrected chi connectivity index (χ3v) is 3.39. The van der Waals surface area contributed by atoms with Gasteiger partial charge in [0.25, 0.3) is 0 Å². The fraction of sp³-hybridized carbons (Fsp3) is 0.600. The molecular formula is C15H25NO. The van der Waals surface area contributed by atoms with E-state index in [1.807, 2.05) is 13.1 Å². The molecule has 1 aromatic rings. The summed E-state index contributed by atoms with van der Waals surface area (Å²) in [5, 5.41) is 3.30. The average Bonchev–Trinajstić information content (AvgIpc) is 2.36. The first kappa shape index (κ1) is 14.0. The van der Waals surface area contributed by atoms with Crippen molar-refractivity contribution in [2.45, 2.75) is 32.6 Å². The van der Waals surface area contributed by atoms with Gasteiger partial charge in [-0.2, -0.15) is 0 Å². The van der Waals surface area contributed by atoms with Gasteiger partial charge in [0, 0.05) is 12.5 Å². The smallest absolute Gasteiger partial charge is 0.122 e. The summed E-state index contributed by atoms with van der Waals surface area (Å²) in [7, 11) is 3.76. The van der Waals surface area contributed by atoms with Crippen LogP contribution in [0.15, 0.2) is 24.3 Å². The highest BCUT2D eigenvalue weighted by Crippen LogP contribution is 2.33. The third-order valence-electron chi connectivity index (χ3n) is 3.39. The predicted molar refractivity (Wildman–Crippen MR) is 73.7 cm³/mol. The SMILES string of the molecule is CCCC(C)C(CNC)c1ccccc1OC. The molecule has 1 aromatic carbocycles. The van der Waals surface area contributed by atoms with Crippen LogP contribution in [-0.4, -0.2) is 20.7 Å². The van der Waals surface area contributed by atoms with E-state index in [9.17, 15) is 0 Å². The van der Waals surface area contributed by atoms with E-state index in [4.69, 9.17) is 4.74 Å². The number of likely N-dealkylation sites (N-methyl/N-ethyl adjacent to an activating group) is 1. The van der Waals surface area contributed by atoms with E-state index in [-0.39, 0.29) is 0 Å². The number of nitrogens with one attached hydrogen (secondary N) is 1. The lowest BCUT2D eigenvalue weighted by Gasteiger charge is -2.25. The van der Waals surface area contributed by atoms with Crippen molar-refractivity contribution in [3.05, 3.63) is 29.8 Å². The second-order valence-electron chi connectivity index (χ2n) is 4.67. The molecule has 0 fully saturated rings. The topological polar surface area (TPSA) is 21.3 Å². The van der Waals surface area contributed by atoms with E-state index in [1.165, 1.54) is 18.4 Å². The molecule has 2 atom stereocenters. The minimum Gasteiger partial charge on any atom is -0.496 e. The van der Waals surface area contributed by atoms with Crippen molar-refractivity contribution in [1.82, 2.24) is 5.32 Å². The van der Waals surface area contributed by atoms with Crippen LogP contribution < -0.4 is 10.1 Å². The fourth-order valence-electron chi connectivity index (χ4n) is 2.47. The van der Waals surface area contributed by atoms with Crippen molar-refractivity contribution in [2.24, 2.45) is 5.92 Å². The normalized spacial score (nSPS) is 14.4. The van der Waals surface area contributed by atoms with Crippen LogP contribution in [0.5, 0.6) is 5.75 Å². The first-order chi connectivity index (χ1) is 8.24. The lowest BCUT2D eigenvalue weighted by molar-refractivity contribution is 0.374. The largest absolute Gasteiger partial charge is 0.496 e. The molecule has 0 heterocycles. The van der Waals surface area contributed by atoms with Crippen molar-refractivity contribution >= 4 is 0 Å². The summed E-state index contributed by atoms with van der Waals surface area (Å²) in [6.45, 7) is 5.58. The van der Waals surface area contributed by atoms with Gasteiger partial charge in [-0.25, -0.2) is 0 Å². The zero-order valence-corrected chi connectivity index (χ0v) is 11.5.